The average molecular weight is 400 g/mol. The van der Waals surface area contributed by atoms with Gasteiger partial charge in [-0.2, -0.15) is 9.97 Å². The first kappa shape index (κ1) is 18.9. The number of nitrogen functional groups attached to an aromatic ring is 1. The number of piperazine rings is 1. The Balaban J connectivity index is 1.75. The summed E-state index contributed by atoms with van der Waals surface area (Å²) >= 11 is 0. The molecule has 3 aromatic rings. The van der Waals surface area contributed by atoms with E-state index in [0.29, 0.717) is 49.9 Å². The molecule has 1 aliphatic rings. The third-order valence-corrected chi connectivity index (χ3v) is 5.06. The highest BCUT2D eigenvalue weighted by Crippen LogP contribution is 2.38. The van der Waals surface area contributed by atoms with Crippen molar-refractivity contribution in [2.45, 2.75) is 6.92 Å². The second-order valence-corrected chi connectivity index (χ2v) is 6.68. The van der Waals surface area contributed by atoms with Crippen molar-refractivity contribution in [3.8, 4) is 11.5 Å². The normalized spacial score (nSPS) is 14.4. The van der Waals surface area contributed by atoms with E-state index < -0.39 is 0 Å². The van der Waals surface area contributed by atoms with Crippen LogP contribution in [0, 0.1) is 0 Å². The number of aromatic amines is 1. The highest BCUT2D eigenvalue weighted by molar-refractivity contribution is 6.12. The number of aromatic nitrogens is 3. The fraction of sp³-hybridized carbons (Fsp3) is 0.421. The molecule has 0 aliphatic carbocycles. The van der Waals surface area contributed by atoms with Crippen LogP contribution in [0.5, 0.6) is 11.5 Å². The van der Waals surface area contributed by atoms with Gasteiger partial charge in [0.2, 0.25) is 5.95 Å². The molecule has 1 fully saturated rings. The number of nitrogens with zero attached hydrogens (tertiary/aromatic N) is 4. The van der Waals surface area contributed by atoms with Gasteiger partial charge >= 0.3 is 6.09 Å². The molecule has 1 saturated heterocycles. The van der Waals surface area contributed by atoms with E-state index in [0.717, 1.165) is 22.1 Å². The second-order valence-electron chi connectivity index (χ2n) is 6.68. The van der Waals surface area contributed by atoms with Gasteiger partial charge in [0.1, 0.15) is 11.5 Å². The number of benzene rings is 1. The lowest BCUT2D eigenvalue weighted by atomic mass is 10.1. The van der Waals surface area contributed by atoms with Gasteiger partial charge in [0.05, 0.1) is 31.7 Å². The van der Waals surface area contributed by atoms with Gasteiger partial charge in [-0.15, -0.1) is 0 Å². The molecule has 10 heteroatoms. The maximum Gasteiger partial charge on any atom is 0.409 e. The number of nitrogens with one attached hydrogen (secondary N) is 1. The van der Waals surface area contributed by atoms with E-state index >= 15 is 0 Å². The van der Waals surface area contributed by atoms with E-state index in [-0.39, 0.29) is 12.0 Å². The predicted octanol–water partition coefficient (Wildman–Crippen LogP) is 1.99. The van der Waals surface area contributed by atoms with Gasteiger partial charge in [-0.1, -0.05) is 0 Å². The van der Waals surface area contributed by atoms with Crippen LogP contribution in [0.25, 0.3) is 21.9 Å². The molecule has 1 aromatic carbocycles. The van der Waals surface area contributed by atoms with Crippen LogP contribution < -0.4 is 20.1 Å². The highest BCUT2D eigenvalue weighted by atomic mass is 16.6. The molecule has 3 N–H and O–H groups in total. The number of carbonyl (C=O) groups excluding carboxylic acids is 1. The molecule has 1 amide bonds. The molecule has 10 nitrogen and oxygen atoms in total. The van der Waals surface area contributed by atoms with Crippen LogP contribution in [0.1, 0.15) is 6.92 Å². The quantitative estimate of drug-likeness (QED) is 0.682. The molecule has 0 unspecified atom stereocenters. The van der Waals surface area contributed by atoms with Crippen LogP contribution in [-0.2, 0) is 4.74 Å². The average Bonchev–Trinajstić information content (AvgIpc) is 3.09. The molecule has 1 aliphatic heterocycles. The molecule has 4 rings (SSSR count). The zero-order valence-electron chi connectivity index (χ0n) is 16.7. The Kier molecular flexibility index (Phi) is 4.91. The lowest BCUT2D eigenvalue weighted by Gasteiger charge is -2.35. The van der Waals surface area contributed by atoms with Crippen LogP contribution >= 0.6 is 0 Å². The monoisotopic (exact) mass is 400 g/mol. The first-order valence-corrected chi connectivity index (χ1v) is 9.43. The third-order valence-electron chi connectivity index (χ3n) is 5.06. The minimum absolute atomic E-state index is 0.186. The van der Waals surface area contributed by atoms with E-state index in [1.54, 1.807) is 26.0 Å². The molecule has 2 aromatic heterocycles. The molecule has 0 saturated carbocycles. The van der Waals surface area contributed by atoms with Crippen LogP contribution in [-0.4, -0.2) is 73.0 Å². The smallest absolute Gasteiger partial charge is 0.409 e. The lowest BCUT2D eigenvalue weighted by molar-refractivity contribution is 0.105. The fourth-order valence-corrected chi connectivity index (χ4v) is 3.67. The summed E-state index contributed by atoms with van der Waals surface area (Å²) in [7, 11) is 3.20. The summed E-state index contributed by atoms with van der Waals surface area (Å²) in [6, 6.07) is 3.78. The SMILES string of the molecule is CCOC(=O)N1CCN(c2nc(N)nc3[nH]c4cc(OC)c(OC)cc4c23)CC1. The zero-order valence-corrected chi connectivity index (χ0v) is 16.7. The number of fused-ring (bicyclic) bond motifs is 3. The summed E-state index contributed by atoms with van der Waals surface area (Å²) in [6.07, 6.45) is -0.288. The van der Waals surface area contributed by atoms with Crippen molar-refractivity contribution in [3.05, 3.63) is 12.1 Å². The Morgan fingerprint density at radius 2 is 1.83 bits per heavy atom. The second kappa shape index (κ2) is 7.53. The molecule has 29 heavy (non-hydrogen) atoms. The molecule has 0 bridgehead atoms. The van der Waals surface area contributed by atoms with Crippen LogP contribution in [0.3, 0.4) is 0 Å². The number of methoxy groups -OCH3 is 2. The summed E-state index contributed by atoms with van der Waals surface area (Å²) in [4.78, 5) is 28.0. The molecular weight excluding hydrogens is 376 g/mol. The largest absolute Gasteiger partial charge is 0.493 e. The highest BCUT2D eigenvalue weighted by Gasteiger charge is 2.26. The minimum atomic E-state index is -0.288. The summed E-state index contributed by atoms with van der Waals surface area (Å²) < 4.78 is 16.0. The van der Waals surface area contributed by atoms with Gasteiger partial charge in [-0.3, -0.25) is 0 Å². The van der Waals surface area contributed by atoms with Gasteiger partial charge in [-0.25, -0.2) is 4.79 Å². The topological polar surface area (TPSA) is 119 Å². The van der Waals surface area contributed by atoms with Crippen LogP contribution in [0.15, 0.2) is 12.1 Å². The number of amides is 1. The molecular formula is C19H24N6O4. The first-order valence-electron chi connectivity index (χ1n) is 9.43. The first-order chi connectivity index (χ1) is 14.0. The van der Waals surface area contributed by atoms with Crippen molar-refractivity contribution in [3.63, 3.8) is 0 Å². The Morgan fingerprint density at radius 3 is 2.48 bits per heavy atom. The molecule has 0 radical (unpaired) electrons. The zero-order chi connectivity index (χ0) is 20.5. The van der Waals surface area contributed by atoms with E-state index in [4.69, 9.17) is 19.9 Å². The summed E-state index contributed by atoms with van der Waals surface area (Å²) in [5, 5.41) is 1.78. The number of ether oxygens (including phenoxy) is 3. The van der Waals surface area contributed by atoms with E-state index in [9.17, 15) is 4.79 Å². The predicted molar refractivity (Wildman–Crippen MR) is 110 cm³/mol. The van der Waals surface area contributed by atoms with Gasteiger partial charge in [0, 0.05) is 37.6 Å². The minimum Gasteiger partial charge on any atom is -0.493 e. The number of H-pyrrole nitrogens is 1. The van der Waals surface area contributed by atoms with Crippen molar-refractivity contribution in [2.75, 3.05) is 57.6 Å². The van der Waals surface area contributed by atoms with Crippen molar-refractivity contribution in [1.29, 1.82) is 0 Å². The Bertz CT molecular complexity index is 1060. The van der Waals surface area contributed by atoms with Crippen molar-refractivity contribution in [1.82, 2.24) is 19.9 Å². The van der Waals surface area contributed by atoms with E-state index in [2.05, 4.69) is 19.9 Å². The molecule has 3 heterocycles. The van der Waals surface area contributed by atoms with Crippen LogP contribution in [0.4, 0.5) is 16.6 Å². The molecule has 0 atom stereocenters. The Morgan fingerprint density at radius 1 is 1.14 bits per heavy atom. The number of hydrogen-bond donors (Lipinski definition) is 2. The number of hydrogen-bond acceptors (Lipinski definition) is 8. The van der Waals surface area contributed by atoms with Gasteiger partial charge in [0.25, 0.3) is 0 Å². The molecule has 0 spiro atoms. The number of anilines is 2. The maximum atomic E-state index is 12.0. The third kappa shape index (κ3) is 3.30. The van der Waals surface area contributed by atoms with Crippen molar-refractivity contribution >= 4 is 39.8 Å². The van der Waals surface area contributed by atoms with Crippen molar-refractivity contribution in [2.24, 2.45) is 0 Å². The number of rotatable bonds is 4. The number of carbonyl (C=O) groups is 1. The fourth-order valence-electron chi connectivity index (χ4n) is 3.67. The van der Waals surface area contributed by atoms with Crippen LogP contribution in [0.2, 0.25) is 0 Å². The van der Waals surface area contributed by atoms with Gasteiger partial charge in [0.15, 0.2) is 11.5 Å². The van der Waals surface area contributed by atoms with E-state index in [1.165, 1.54) is 0 Å². The standard InChI is InChI=1S/C19H24N6O4/c1-4-29-19(26)25-7-5-24(6-8-25)17-15-11-9-13(27-2)14(28-3)10-12(11)21-16(15)22-18(20)23-17/h9-10H,4-8H2,1-3H3,(H3,20,21,22,23). The summed E-state index contributed by atoms with van der Waals surface area (Å²) in [6.45, 7) is 4.49. The Hall–Kier alpha value is -3.43. The van der Waals surface area contributed by atoms with Gasteiger partial charge in [-0.05, 0) is 13.0 Å². The number of nitrogens with two attached hydrogens (primary N) is 1. The Labute approximate surface area is 167 Å². The van der Waals surface area contributed by atoms with Crippen molar-refractivity contribution < 1.29 is 19.0 Å². The van der Waals surface area contributed by atoms with Gasteiger partial charge < -0.3 is 34.7 Å². The summed E-state index contributed by atoms with van der Waals surface area (Å²) in [5.74, 6) is 2.16. The maximum absolute atomic E-state index is 12.0. The molecule has 154 valence electrons. The summed E-state index contributed by atoms with van der Waals surface area (Å²) in [5.41, 5.74) is 7.47. The van der Waals surface area contributed by atoms with E-state index in [1.807, 2.05) is 12.1 Å². The lowest BCUT2D eigenvalue weighted by Crippen LogP contribution is -2.49.